The number of fused-ring (bicyclic) bond motifs is 2. The lowest BCUT2D eigenvalue weighted by molar-refractivity contribution is -0.132. The van der Waals surface area contributed by atoms with Crippen molar-refractivity contribution < 1.29 is 24.2 Å². The first-order valence-corrected chi connectivity index (χ1v) is 12.8. The Morgan fingerprint density at radius 1 is 1.14 bits per heavy atom. The van der Waals surface area contributed by atoms with E-state index in [0.717, 1.165) is 16.0 Å². The summed E-state index contributed by atoms with van der Waals surface area (Å²) in [6.07, 6.45) is 0.727. The molecule has 9 heteroatoms. The molecule has 1 aromatic heterocycles. The van der Waals surface area contributed by atoms with E-state index < -0.39 is 17.7 Å². The molecular weight excluding hydrogens is 512 g/mol. The summed E-state index contributed by atoms with van der Waals surface area (Å²) in [6, 6.07) is 16.7. The highest BCUT2D eigenvalue weighted by molar-refractivity contribution is 7.22. The fourth-order valence-corrected chi connectivity index (χ4v) is 5.98. The molecule has 2 aliphatic heterocycles. The lowest BCUT2D eigenvalue weighted by atomic mass is 9.94. The van der Waals surface area contributed by atoms with Crippen molar-refractivity contribution in [2.45, 2.75) is 25.5 Å². The number of aromatic nitrogens is 1. The minimum Gasteiger partial charge on any atom is -0.507 e. The molecule has 0 radical (unpaired) electrons. The molecule has 37 heavy (non-hydrogen) atoms. The van der Waals surface area contributed by atoms with Gasteiger partial charge < -0.3 is 14.6 Å². The van der Waals surface area contributed by atoms with Crippen molar-refractivity contribution in [2.75, 3.05) is 12.0 Å². The fraction of sp³-hybridized carbons (Fsp3) is 0.179. The van der Waals surface area contributed by atoms with Gasteiger partial charge in [-0.15, -0.1) is 0 Å². The average molecular weight is 533 g/mol. The number of ketones is 1. The van der Waals surface area contributed by atoms with Gasteiger partial charge in [-0.1, -0.05) is 35.1 Å². The van der Waals surface area contributed by atoms with Crippen LogP contribution in [0.1, 0.15) is 29.7 Å². The van der Waals surface area contributed by atoms with E-state index in [0.29, 0.717) is 39.0 Å². The Morgan fingerprint density at radius 2 is 1.92 bits per heavy atom. The number of halogens is 1. The average Bonchev–Trinajstić information content (AvgIpc) is 3.55. The Morgan fingerprint density at radius 3 is 2.68 bits per heavy atom. The summed E-state index contributed by atoms with van der Waals surface area (Å²) in [4.78, 5) is 32.9. The largest absolute Gasteiger partial charge is 0.507 e. The minimum absolute atomic E-state index is 0.00364. The zero-order valence-electron chi connectivity index (χ0n) is 19.9. The number of amides is 1. The van der Waals surface area contributed by atoms with Crippen LogP contribution in [0.4, 0.5) is 5.13 Å². The van der Waals surface area contributed by atoms with E-state index >= 15 is 0 Å². The molecule has 0 spiro atoms. The number of thiazole rings is 1. The van der Waals surface area contributed by atoms with Crippen LogP contribution in [0, 0.1) is 0 Å². The molecule has 2 aliphatic rings. The topological polar surface area (TPSA) is 89.0 Å². The smallest absolute Gasteiger partial charge is 0.301 e. The predicted molar refractivity (Wildman–Crippen MR) is 143 cm³/mol. The van der Waals surface area contributed by atoms with Crippen molar-refractivity contribution >= 4 is 55.7 Å². The third kappa shape index (κ3) is 3.93. The van der Waals surface area contributed by atoms with E-state index in [-0.39, 0.29) is 17.4 Å². The van der Waals surface area contributed by atoms with Gasteiger partial charge in [0.15, 0.2) is 5.13 Å². The SMILES string of the molecule is COc1ccc2nc(N3C(=O)C(=O)/C(=C(/O)c4ccc5c(c4)C[C@H](C)O5)[C@@H]3c3ccc(Cl)cc3)sc2c1. The molecule has 0 aliphatic carbocycles. The van der Waals surface area contributed by atoms with Crippen LogP contribution in [-0.2, 0) is 16.0 Å². The van der Waals surface area contributed by atoms with Crippen molar-refractivity contribution in [3.63, 3.8) is 0 Å². The maximum atomic E-state index is 13.5. The molecule has 1 amide bonds. The summed E-state index contributed by atoms with van der Waals surface area (Å²) in [5, 5.41) is 12.3. The second-order valence-electron chi connectivity index (χ2n) is 9.01. The number of anilines is 1. The number of carbonyl (C=O) groups is 2. The second kappa shape index (κ2) is 8.90. The Hall–Kier alpha value is -3.88. The molecule has 7 nitrogen and oxygen atoms in total. The van der Waals surface area contributed by atoms with Crippen molar-refractivity contribution in [3.05, 3.63) is 87.9 Å². The van der Waals surface area contributed by atoms with Crippen molar-refractivity contribution in [1.82, 2.24) is 4.98 Å². The van der Waals surface area contributed by atoms with Crippen LogP contribution in [0.15, 0.2) is 66.2 Å². The predicted octanol–water partition coefficient (Wildman–Crippen LogP) is 5.91. The van der Waals surface area contributed by atoms with Crippen LogP contribution in [-0.4, -0.2) is 35.0 Å². The summed E-state index contributed by atoms with van der Waals surface area (Å²) in [6.45, 7) is 1.97. The van der Waals surface area contributed by atoms with Crippen molar-refractivity contribution in [3.8, 4) is 11.5 Å². The maximum absolute atomic E-state index is 13.5. The number of hydrogen-bond acceptors (Lipinski definition) is 7. The first kappa shape index (κ1) is 23.5. The molecule has 3 aromatic carbocycles. The van der Waals surface area contributed by atoms with E-state index in [4.69, 9.17) is 21.1 Å². The van der Waals surface area contributed by atoms with Gasteiger partial charge in [0.25, 0.3) is 5.78 Å². The van der Waals surface area contributed by atoms with Crippen LogP contribution < -0.4 is 14.4 Å². The van der Waals surface area contributed by atoms with Gasteiger partial charge in [-0.25, -0.2) is 4.98 Å². The molecule has 0 bridgehead atoms. The first-order chi connectivity index (χ1) is 17.8. The van der Waals surface area contributed by atoms with Gasteiger partial charge in [-0.05, 0) is 66.6 Å². The summed E-state index contributed by atoms with van der Waals surface area (Å²) in [7, 11) is 1.58. The maximum Gasteiger partial charge on any atom is 0.301 e. The van der Waals surface area contributed by atoms with Gasteiger partial charge in [0.2, 0.25) is 0 Å². The Labute approximate surface area is 221 Å². The molecule has 6 rings (SSSR count). The number of carbonyl (C=O) groups excluding carboxylic acids is 2. The molecule has 186 valence electrons. The number of aliphatic hydroxyl groups excluding tert-OH is 1. The zero-order chi connectivity index (χ0) is 25.8. The van der Waals surface area contributed by atoms with E-state index in [1.165, 1.54) is 16.2 Å². The molecule has 3 heterocycles. The quantitative estimate of drug-likeness (QED) is 0.200. The summed E-state index contributed by atoms with van der Waals surface area (Å²) >= 11 is 7.40. The fourth-order valence-electron chi connectivity index (χ4n) is 4.84. The normalized spacial score (nSPS) is 20.4. The van der Waals surface area contributed by atoms with Crippen molar-refractivity contribution in [2.24, 2.45) is 0 Å². The number of nitrogens with zero attached hydrogens (tertiary/aromatic N) is 2. The number of aliphatic hydroxyl groups is 1. The van der Waals surface area contributed by atoms with Gasteiger partial charge >= 0.3 is 5.91 Å². The second-order valence-corrected chi connectivity index (χ2v) is 10.5. The summed E-state index contributed by atoms with van der Waals surface area (Å²) in [5.74, 6) is -0.367. The number of Topliss-reactive ketones (excluding diaryl/α,β-unsaturated/α-hetero) is 1. The molecular formula is C28H21ClN2O5S. The number of ether oxygens (including phenoxy) is 2. The van der Waals surface area contributed by atoms with E-state index in [1.54, 1.807) is 55.6 Å². The molecule has 1 saturated heterocycles. The van der Waals surface area contributed by atoms with Crippen LogP contribution in [0.25, 0.3) is 16.0 Å². The Balaban J connectivity index is 1.52. The van der Waals surface area contributed by atoms with Crippen LogP contribution >= 0.6 is 22.9 Å². The molecule has 0 unspecified atom stereocenters. The molecule has 1 N–H and O–H groups in total. The number of hydrogen-bond donors (Lipinski definition) is 1. The van der Waals surface area contributed by atoms with Crippen LogP contribution in [0.5, 0.6) is 11.5 Å². The highest BCUT2D eigenvalue weighted by Crippen LogP contribution is 2.45. The minimum atomic E-state index is -0.886. The van der Waals surface area contributed by atoms with Gasteiger partial charge in [-0.3, -0.25) is 14.5 Å². The number of benzene rings is 3. The first-order valence-electron chi connectivity index (χ1n) is 11.6. The Kier molecular flexibility index (Phi) is 5.66. The van der Waals surface area contributed by atoms with Crippen LogP contribution in [0.3, 0.4) is 0 Å². The lowest BCUT2D eigenvalue weighted by Gasteiger charge is -2.23. The van der Waals surface area contributed by atoms with Gasteiger partial charge in [0.1, 0.15) is 23.4 Å². The van der Waals surface area contributed by atoms with Gasteiger partial charge in [-0.2, -0.15) is 0 Å². The lowest BCUT2D eigenvalue weighted by Crippen LogP contribution is -2.29. The highest BCUT2D eigenvalue weighted by atomic mass is 35.5. The molecule has 2 atom stereocenters. The molecule has 0 saturated carbocycles. The molecule has 4 aromatic rings. The number of rotatable bonds is 4. The Bertz CT molecular complexity index is 1610. The van der Waals surface area contributed by atoms with Crippen molar-refractivity contribution in [1.29, 1.82) is 0 Å². The highest BCUT2D eigenvalue weighted by Gasteiger charge is 2.48. The van der Waals surface area contributed by atoms with Gasteiger partial charge in [0, 0.05) is 17.0 Å². The monoisotopic (exact) mass is 532 g/mol. The molecule has 1 fully saturated rings. The summed E-state index contributed by atoms with van der Waals surface area (Å²) < 4.78 is 11.9. The van der Waals surface area contributed by atoms with E-state index in [9.17, 15) is 14.7 Å². The van der Waals surface area contributed by atoms with E-state index in [1.807, 2.05) is 19.1 Å². The third-order valence-corrected chi connectivity index (χ3v) is 7.86. The zero-order valence-corrected chi connectivity index (χ0v) is 21.5. The summed E-state index contributed by atoms with van der Waals surface area (Å²) in [5.41, 5.74) is 2.68. The number of methoxy groups -OCH3 is 1. The van der Waals surface area contributed by atoms with E-state index in [2.05, 4.69) is 4.98 Å². The third-order valence-electron chi connectivity index (χ3n) is 6.59. The standard InChI is InChI=1S/C28H21ClN2O5S/c1-14-11-17-12-16(5-10-21(17)36-14)25(32)23-24(15-3-6-18(29)7-4-15)31(27(34)26(23)33)28-30-20-9-8-19(35-2)13-22(20)37-28/h3-10,12-14,24,32H,11H2,1-2H3/b25-23+/t14-,24-/m0/s1. The van der Waals surface area contributed by atoms with Gasteiger partial charge in [0.05, 0.1) is 28.9 Å². The van der Waals surface area contributed by atoms with Crippen LogP contribution in [0.2, 0.25) is 5.02 Å².